The van der Waals surface area contributed by atoms with Crippen molar-refractivity contribution in [2.24, 2.45) is 0 Å². The Morgan fingerprint density at radius 2 is 1.94 bits per heavy atom. The summed E-state index contributed by atoms with van der Waals surface area (Å²) >= 11 is 0. The second kappa shape index (κ2) is 7.82. The van der Waals surface area contributed by atoms with Crippen LogP contribution in [0.15, 0.2) is 30.3 Å². The Morgan fingerprint density at radius 3 is 2.59 bits per heavy atom. The van der Waals surface area contributed by atoms with Gasteiger partial charge >= 0.3 is 0 Å². The SMILES string of the molecule is CCCCCC[C@@H](F)C(=O)Nc1ccccc1. The van der Waals surface area contributed by atoms with Crippen LogP contribution in [0.25, 0.3) is 0 Å². The van der Waals surface area contributed by atoms with Gasteiger partial charge in [-0.15, -0.1) is 0 Å². The highest BCUT2D eigenvalue weighted by Crippen LogP contribution is 2.11. The van der Waals surface area contributed by atoms with E-state index in [-0.39, 0.29) is 0 Å². The van der Waals surface area contributed by atoms with Crippen LogP contribution in [0.1, 0.15) is 39.0 Å². The van der Waals surface area contributed by atoms with Gasteiger partial charge in [-0.3, -0.25) is 4.79 Å². The van der Waals surface area contributed by atoms with Gasteiger partial charge in [0.2, 0.25) is 0 Å². The third-order valence-corrected chi connectivity index (χ3v) is 2.64. The first-order valence-electron chi connectivity index (χ1n) is 6.24. The molecular weight excluding hydrogens is 217 g/mol. The fraction of sp³-hybridized carbons (Fsp3) is 0.500. The molecule has 3 heteroatoms. The van der Waals surface area contributed by atoms with Crippen molar-refractivity contribution in [3.8, 4) is 0 Å². The molecule has 0 fully saturated rings. The quantitative estimate of drug-likeness (QED) is 0.715. The van der Waals surface area contributed by atoms with E-state index in [0.29, 0.717) is 12.1 Å². The molecule has 1 aromatic rings. The van der Waals surface area contributed by atoms with E-state index in [9.17, 15) is 9.18 Å². The number of anilines is 1. The third kappa shape index (κ3) is 5.48. The number of halogens is 1. The molecule has 0 aliphatic heterocycles. The van der Waals surface area contributed by atoms with Gasteiger partial charge in [-0.25, -0.2) is 4.39 Å². The molecule has 0 aliphatic carbocycles. The van der Waals surface area contributed by atoms with Crippen molar-refractivity contribution in [2.75, 3.05) is 5.32 Å². The Bertz CT molecular complexity index is 326. The molecule has 17 heavy (non-hydrogen) atoms. The molecule has 0 spiro atoms. The Hall–Kier alpha value is -1.38. The number of alkyl halides is 1. The molecular formula is C14H20FNO. The van der Waals surface area contributed by atoms with Crippen molar-refractivity contribution in [3.63, 3.8) is 0 Å². The number of carbonyl (C=O) groups is 1. The molecule has 0 unspecified atom stereocenters. The van der Waals surface area contributed by atoms with Gasteiger partial charge in [0.05, 0.1) is 0 Å². The Kier molecular flexibility index (Phi) is 6.30. The number of nitrogens with one attached hydrogen (secondary N) is 1. The van der Waals surface area contributed by atoms with Crippen LogP contribution in [-0.2, 0) is 4.79 Å². The molecule has 0 saturated carbocycles. The largest absolute Gasteiger partial charge is 0.324 e. The summed E-state index contributed by atoms with van der Waals surface area (Å²) in [5.74, 6) is -0.535. The van der Waals surface area contributed by atoms with Crippen LogP contribution in [0, 0.1) is 0 Å². The van der Waals surface area contributed by atoms with Gasteiger partial charge in [0.15, 0.2) is 6.17 Å². The fourth-order valence-corrected chi connectivity index (χ4v) is 1.62. The number of benzene rings is 1. The van der Waals surface area contributed by atoms with Crippen LogP contribution in [0.5, 0.6) is 0 Å². The molecule has 0 bridgehead atoms. The average Bonchev–Trinajstić information content (AvgIpc) is 2.35. The summed E-state index contributed by atoms with van der Waals surface area (Å²) < 4.78 is 13.5. The summed E-state index contributed by atoms with van der Waals surface area (Å²) in [4.78, 5) is 11.5. The van der Waals surface area contributed by atoms with Crippen molar-refractivity contribution in [3.05, 3.63) is 30.3 Å². The zero-order valence-electron chi connectivity index (χ0n) is 10.3. The normalized spacial score (nSPS) is 12.1. The lowest BCUT2D eigenvalue weighted by atomic mass is 10.1. The van der Waals surface area contributed by atoms with Crippen molar-refractivity contribution < 1.29 is 9.18 Å². The van der Waals surface area contributed by atoms with E-state index in [4.69, 9.17) is 0 Å². The zero-order valence-corrected chi connectivity index (χ0v) is 10.3. The van der Waals surface area contributed by atoms with Gasteiger partial charge in [-0.05, 0) is 18.6 Å². The van der Waals surface area contributed by atoms with Crippen molar-refractivity contribution >= 4 is 11.6 Å². The zero-order chi connectivity index (χ0) is 12.5. The van der Waals surface area contributed by atoms with E-state index in [1.165, 1.54) is 0 Å². The molecule has 94 valence electrons. The summed E-state index contributed by atoms with van der Waals surface area (Å²) in [6, 6.07) is 8.98. The minimum atomic E-state index is -1.40. The van der Waals surface area contributed by atoms with Crippen molar-refractivity contribution in [1.82, 2.24) is 0 Å². The standard InChI is InChI=1S/C14H20FNO/c1-2-3-4-8-11-13(15)14(17)16-12-9-6-5-7-10-12/h5-7,9-10,13H,2-4,8,11H2,1H3,(H,16,17)/t13-/m1/s1. The van der Waals surface area contributed by atoms with E-state index in [1.807, 2.05) is 18.2 Å². The first-order valence-corrected chi connectivity index (χ1v) is 6.24. The molecule has 1 amide bonds. The maximum Gasteiger partial charge on any atom is 0.258 e. The lowest BCUT2D eigenvalue weighted by molar-refractivity contribution is -0.121. The number of rotatable bonds is 7. The lowest BCUT2D eigenvalue weighted by Crippen LogP contribution is -2.23. The number of amides is 1. The van der Waals surface area contributed by atoms with Gasteiger partial charge in [-0.2, -0.15) is 0 Å². The molecule has 1 atom stereocenters. The maximum atomic E-state index is 13.5. The molecule has 1 N–H and O–H groups in total. The van der Waals surface area contributed by atoms with Gasteiger partial charge < -0.3 is 5.32 Å². The topological polar surface area (TPSA) is 29.1 Å². The maximum absolute atomic E-state index is 13.5. The molecule has 2 nitrogen and oxygen atoms in total. The predicted molar refractivity (Wildman–Crippen MR) is 68.7 cm³/mol. The molecule has 0 saturated heterocycles. The summed E-state index contributed by atoms with van der Waals surface area (Å²) in [6.45, 7) is 2.11. The van der Waals surface area contributed by atoms with Crippen molar-refractivity contribution in [1.29, 1.82) is 0 Å². The summed E-state index contributed by atoms with van der Waals surface area (Å²) in [5, 5.41) is 2.57. The molecule has 1 rings (SSSR count). The number of hydrogen-bond donors (Lipinski definition) is 1. The monoisotopic (exact) mass is 237 g/mol. The smallest absolute Gasteiger partial charge is 0.258 e. The van der Waals surface area contributed by atoms with E-state index in [0.717, 1.165) is 25.7 Å². The molecule has 0 radical (unpaired) electrons. The number of hydrogen-bond acceptors (Lipinski definition) is 1. The first kappa shape index (κ1) is 13.7. The number of unbranched alkanes of at least 4 members (excludes halogenated alkanes) is 3. The average molecular weight is 237 g/mol. The molecule has 0 aliphatic rings. The van der Waals surface area contributed by atoms with Gasteiger partial charge in [0.1, 0.15) is 0 Å². The number of carbonyl (C=O) groups excluding carboxylic acids is 1. The summed E-state index contributed by atoms with van der Waals surface area (Å²) in [5.41, 5.74) is 0.647. The molecule has 0 heterocycles. The van der Waals surface area contributed by atoms with E-state index in [1.54, 1.807) is 12.1 Å². The highest BCUT2D eigenvalue weighted by Gasteiger charge is 2.16. The minimum absolute atomic E-state index is 0.318. The van der Waals surface area contributed by atoms with E-state index >= 15 is 0 Å². The molecule has 0 aromatic heterocycles. The van der Waals surface area contributed by atoms with E-state index < -0.39 is 12.1 Å². The second-order valence-electron chi connectivity index (χ2n) is 4.17. The minimum Gasteiger partial charge on any atom is -0.324 e. The summed E-state index contributed by atoms with van der Waals surface area (Å²) in [7, 11) is 0. The lowest BCUT2D eigenvalue weighted by Gasteiger charge is -2.09. The van der Waals surface area contributed by atoms with Gasteiger partial charge in [0.25, 0.3) is 5.91 Å². The van der Waals surface area contributed by atoms with Crippen LogP contribution >= 0.6 is 0 Å². The van der Waals surface area contributed by atoms with Gasteiger partial charge in [-0.1, -0.05) is 50.8 Å². The van der Waals surface area contributed by atoms with Crippen LogP contribution in [0.3, 0.4) is 0 Å². The highest BCUT2D eigenvalue weighted by molar-refractivity contribution is 5.93. The van der Waals surface area contributed by atoms with Crippen LogP contribution < -0.4 is 5.32 Å². The Labute approximate surface area is 102 Å². The van der Waals surface area contributed by atoms with Crippen LogP contribution in [0.4, 0.5) is 10.1 Å². The van der Waals surface area contributed by atoms with Crippen LogP contribution in [0.2, 0.25) is 0 Å². The van der Waals surface area contributed by atoms with Crippen molar-refractivity contribution in [2.45, 2.75) is 45.2 Å². The first-order chi connectivity index (χ1) is 8.24. The Morgan fingerprint density at radius 1 is 1.24 bits per heavy atom. The predicted octanol–water partition coefficient (Wildman–Crippen LogP) is 3.93. The Balaban J connectivity index is 2.27. The van der Waals surface area contributed by atoms with E-state index in [2.05, 4.69) is 12.2 Å². The third-order valence-electron chi connectivity index (χ3n) is 2.64. The molecule has 1 aromatic carbocycles. The summed E-state index contributed by atoms with van der Waals surface area (Å²) in [6.07, 6.45) is 2.91. The van der Waals surface area contributed by atoms with Crippen LogP contribution in [-0.4, -0.2) is 12.1 Å². The number of para-hydroxylation sites is 1. The second-order valence-corrected chi connectivity index (χ2v) is 4.17. The highest BCUT2D eigenvalue weighted by atomic mass is 19.1. The van der Waals surface area contributed by atoms with Gasteiger partial charge in [0, 0.05) is 5.69 Å². The fourth-order valence-electron chi connectivity index (χ4n) is 1.62.